The number of rotatable bonds is 6. The van der Waals surface area contributed by atoms with Crippen molar-refractivity contribution in [3.8, 4) is 0 Å². The van der Waals surface area contributed by atoms with Crippen molar-refractivity contribution in [1.82, 2.24) is 4.90 Å². The van der Waals surface area contributed by atoms with Crippen LogP contribution in [0.4, 0.5) is 15.8 Å². The van der Waals surface area contributed by atoms with Crippen LogP contribution in [0.2, 0.25) is 0 Å². The molecule has 6 nitrogen and oxygen atoms in total. The van der Waals surface area contributed by atoms with Crippen LogP contribution >= 0.6 is 0 Å². The van der Waals surface area contributed by atoms with Gasteiger partial charge in [0, 0.05) is 23.0 Å². The maximum Gasteiger partial charge on any atom is 0.255 e. The molecule has 2 aromatic carbocycles. The summed E-state index contributed by atoms with van der Waals surface area (Å²) in [5.74, 6) is -0.0795. The Labute approximate surface area is 218 Å². The van der Waals surface area contributed by atoms with Crippen LogP contribution in [0.5, 0.6) is 0 Å². The van der Waals surface area contributed by atoms with Gasteiger partial charge in [0.25, 0.3) is 5.91 Å². The van der Waals surface area contributed by atoms with Gasteiger partial charge < -0.3 is 14.5 Å². The van der Waals surface area contributed by atoms with Gasteiger partial charge in [0.15, 0.2) is 0 Å². The highest BCUT2D eigenvalue weighted by Gasteiger charge is 2.46. The Balaban J connectivity index is 1.55. The number of fused-ring (bicyclic) bond motifs is 1. The van der Waals surface area contributed by atoms with Gasteiger partial charge in [-0.3, -0.25) is 14.5 Å². The third-order valence-corrected chi connectivity index (χ3v) is 7.55. The number of ether oxygens (including phenoxy) is 1. The van der Waals surface area contributed by atoms with Gasteiger partial charge in [-0.05, 0) is 57.0 Å². The van der Waals surface area contributed by atoms with Gasteiger partial charge in [-0.25, -0.2) is 4.39 Å². The monoisotopic (exact) mass is 503 g/mol. The lowest BCUT2D eigenvalue weighted by Crippen LogP contribution is -2.48. The van der Waals surface area contributed by atoms with Gasteiger partial charge in [0.2, 0.25) is 5.91 Å². The minimum Gasteiger partial charge on any atom is -0.494 e. The van der Waals surface area contributed by atoms with Crippen LogP contribution < -0.4 is 9.80 Å². The molecule has 2 heterocycles. The molecule has 1 atom stereocenters. The fourth-order valence-electron chi connectivity index (χ4n) is 5.86. The number of allylic oxidation sites excluding steroid dienone is 3. The summed E-state index contributed by atoms with van der Waals surface area (Å²) in [6.45, 7) is 4.87. The van der Waals surface area contributed by atoms with Gasteiger partial charge in [0.1, 0.15) is 24.2 Å². The number of para-hydroxylation sites is 1. The van der Waals surface area contributed by atoms with E-state index in [0.29, 0.717) is 18.8 Å². The molecule has 5 rings (SSSR count). The van der Waals surface area contributed by atoms with Gasteiger partial charge >= 0.3 is 0 Å². The number of nitrogens with zero attached hydrogens (tertiary/aromatic N) is 3. The summed E-state index contributed by atoms with van der Waals surface area (Å²) in [6.07, 6.45) is 9.09. The molecular weight excluding hydrogens is 469 g/mol. The molecule has 0 saturated heterocycles. The summed E-state index contributed by atoms with van der Waals surface area (Å²) in [5, 5.41) is 0. The molecule has 0 spiro atoms. The molecular formula is C30H34FN3O3. The molecule has 7 heteroatoms. The second kappa shape index (κ2) is 10.8. The van der Waals surface area contributed by atoms with E-state index in [2.05, 4.69) is 0 Å². The number of halogens is 1. The molecule has 1 unspecified atom stereocenters. The predicted molar refractivity (Wildman–Crippen MR) is 142 cm³/mol. The lowest BCUT2D eigenvalue weighted by atomic mass is 9.94. The highest BCUT2D eigenvalue weighted by atomic mass is 19.1. The first-order chi connectivity index (χ1) is 18.0. The van der Waals surface area contributed by atoms with Crippen molar-refractivity contribution in [2.45, 2.75) is 58.0 Å². The molecule has 194 valence electrons. The number of anilines is 2. The molecule has 1 aliphatic carbocycles. The standard InChI is InChI=1S/C30H34FN3O3/c1-3-10-26-21(2)37-18-17-32(26)20-28(35)34(24-14-9-11-22(31)19-24)29-25-15-7-8-16-27(25)33(30(29)36)23-12-5-4-6-13-23/h3,7-11,14-16,19,23,29H,4-6,12-13,17-18,20H2,1-2H3/b10-3-. The fraction of sp³-hybridized carbons (Fsp3) is 0.400. The molecule has 37 heavy (non-hydrogen) atoms. The summed E-state index contributed by atoms with van der Waals surface area (Å²) in [4.78, 5) is 33.7. The smallest absolute Gasteiger partial charge is 0.255 e. The molecule has 2 aliphatic heterocycles. The maximum atomic E-state index is 14.4. The molecule has 0 bridgehead atoms. The van der Waals surface area contributed by atoms with Crippen LogP contribution in [-0.2, 0) is 14.3 Å². The van der Waals surface area contributed by atoms with Crippen molar-refractivity contribution < 1.29 is 18.7 Å². The van der Waals surface area contributed by atoms with E-state index in [4.69, 9.17) is 4.74 Å². The Bertz CT molecular complexity index is 1230. The van der Waals surface area contributed by atoms with Crippen molar-refractivity contribution in [3.05, 3.63) is 83.5 Å². The van der Waals surface area contributed by atoms with Crippen LogP contribution in [-0.4, -0.2) is 42.5 Å². The van der Waals surface area contributed by atoms with Crippen molar-refractivity contribution in [2.75, 3.05) is 29.5 Å². The lowest BCUT2D eigenvalue weighted by Gasteiger charge is -2.35. The van der Waals surface area contributed by atoms with Crippen molar-refractivity contribution in [2.24, 2.45) is 0 Å². The van der Waals surface area contributed by atoms with Gasteiger partial charge in [-0.1, -0.05) is 49.6 Å². The lowest BCUT2D eigenvalue weighted by molar-refractivity contribution is -0.125. The van der Waals surface area contributed by atoms with Crippen LogP contribution in [0.1, 0.15) is 57.6 Å². The first kappa shape index (κ1) is 25.1. The fourth-order valence-corrected chi connectivity index (χ4v) is 5.86. The number of benzene rings is 2. The molecule has 3 aliphatic rings. The number of carbonyl (C=O) groups excluding carboxylic acids is 2. The summed E-state index contributed by atoms with van der Waals surface area (Å²) in [5.41, 5.74) is 2.86. The van der Waals surface area contributed by atoms with Crippen molar-refractivity contribution in [1.29, 1.82) is 0 Å². The first-order valence-electron chi connectivity index (χ1n) is 13.2. The van der Waals surface area contributed by atoms with Crippen molar-refractivity contribution >= 4 is 23.2 Å². The molecule has 1 saturated carbocycles. The quantitative estimate of drug-likeness (QED) is 0.506. The zero-order valence-corrected chi connectivity index (χ0v) is 21.5. The van der Waals surface area contributed by atoms with Gasteiger partial charge in [0.05, 0.1) is 18.8 Å². The molecule has 1 fully saturated rings. The van der Waals surface area contributed by atoms with Crippen LogP contribution in [0.3, 0.4) is 0 Å². The Morgan fingerprint density at radius 1 is 1.14 bits per heavy atom. The summed E-state index contributed by atoms with van der Waals surface area (Å²) in [7, 11) is 0. The molecule has 0 N–H and O–H groups in total. The van der Waals surface area contributed by atoms with E-state index in [1.165, 1.54) is 23.5 Å². The molecule has 0 aromatic heterocycles. The van der Waals surface area contributed by atoms with Crippen LogP contribution in [0.15, 0.2) is 72.1 Å². The van der Waals surface area contributed by atoms with E-state index < -0.39 is 11.9 Å². The minimum atomic E-state index is -0.844. The average Bonchev–Trinajstić information content (AvgIpc) is 3.18. The zero-order valence-electron chi connectivity index (χ0n) is 21.5. The van der Waals surface area contributed by atoms with E-state index in [-0.39, 0.29) is 24.4 Å². The van der Waals surface area contributed by atoms with E-state index in [0.717, 1.165) is 48.4 Å². The van der Waals surface area contributed by atoms with Crippen molar-refractivity contribution in [3.63, 3.8) is 0 Å². The first-order valence-corrected chi connectivity index (χ1v) is 13.2. The second-order valence-corrected chi connectivity index (χ2v) is 9.92. The Morgan fingerprint density at radius 2 is 1.92 bits per heavy atom. The van der Waals surface area contributed by atoms with E-state index >= 15 is 0 Å². The Morgan fingerprint density at radius 3 is 2.68 bits per heavy atom. The maximum absolute atomic E-state index is 14.4. The van der Waals surface area contributed by atoms with E-state index in [1.807, 2.05) is 60.1 Å². The molecule has 0 radical (unpaired) electrons. The van der Waals surface area contributed by atoms with E-state index in [9.17, 15) is 14.0 Å². The van der Waals surface area contributed by atoms with E-state index in [1.54, 1.807) is 12.1 Å². The number of amides is 2. The number of hydrogen-bond donors (Lipinski definition) is 0. The Hall–Kier alpha value is -3.61. The summed E-state index contributed by atoms with van der Waals surface area (Å²) >= 11 is 0. The highest BCUT2D eigenvalue weighted by Crippen LogP contribution is 2.44. The Kier molecular flexibility index (Phi) is 7.31. The average molecular weight is 504 g/mol. The summed E-state index contributed by atoms with van der Waals surface area (Å²) in [6, 6.07) is 13.0. The number of carbonyl (C=O) groups is 2. The number of hydrogen-bond acceptors (Lipinski definition) is 4. The van der Waals surface area contributed by atoms with Crippen LogP contribution in [0, 0.1) is 5.82 Å². The molecule has 2 amide bonds. The largest absolute Gasteiger partial charge is 0.494 e. The molecule has 2 aromatic rings. The summed E-state index contributed by atoms with van der Waals surface area (Å²) < 4.78 is 20.1. The van der Waals surface area contributed by atoms with Crippen LogP contribution in [0.25, 0.3) is 0 Å². The topological polar surface area (TPSA) is 53.1 Å². The third-order valence-electron chi connectivity index (χ3n) is 7.55. The third kappa shape index (κ3) is 4.87. The van der Waals surface area contributed by atoms with Gasteiger partial charge in [-0.15, -0.1) is 0 Å². The zero-order chi connectivity index (χ0) is 25.9. The SMILES string of the molecule is C/C=C\C1=C(C)OCCN1CC(=O)N(c1cccc(F)c1)C1C(=O)N(C2CCCCC2)c2ccccc21. The predicted octanol–water partition coefficient (Wildman–Crippen LogP) is 5.72. The minimum absolute atomic E-state index is 0.0479. The van der Waals surface area contributed by atoms with Gasteiger partial charge in [-0.2, -0.15) is 0 Å². The second-order valence-electron chi connectivity index (χ2n) is 9.92. The highest BCUT2D eigenvalue weighted by molar-refractivity contribution is 6.12. The normalized spacial score (nSPS) is 20.4.